The van der Waals surface area contributed by atoms with E-state index in [1.54, 1.807) is 36.4 Å². The fraction of sp³-hybridized carbons (Fsp3) is 0.120. The molecule has 0 unspecified atom stereocenters. The van der Waals surface area contributed by atoms with E-state index in [1.807, 2.05) is 6.07 Å². The van der Waals surface area contributed by atoms with E-state index in [0.717, 1.165) is 12.1 Å². The van der Waals surface area contributed by atoms with E-state index >= 15 is 0 Å². The molecule has 0 saturated carbocycles. The highest BCUT2D eigenvalue weighted by Gasteiger charge is 2.31. The van der Waals surface area contributed by atoms with Crippen LogP contribution in [0, 0.1) is 0 Å². The number of methoxy groups -OCH3 is 1. The second-order valence-electron chi connectivity index (χ2n) is 7.49. The van der Waals surface area contributed by atoms with Crippen molar-refractivity contribution >= 4 is 11.6 Å². The molecule has 3 aromatic carbocycles. The highest BCUT2D eigenvalue weighted by Crippen LogP contribution is 2.37. The number of alkyl halides is 3. The predicted octanol–water partition coefficient (Wildman–Crippen LogP) is 5.56. The molecule has 7 nitrogen and oxygen atoms in total. The summed E-state index contributed by atoms with van der Waals surface area (Å²) in [7, 11) is 1.46. The predicted molar refractivity (Wildman–Crippen MR) is 124 cm³/mol. The summed E-state index contributed by atoms with van der Waals surface area (Å²) < 4.78 is 45.1. The lowest BCUT2D eigenvalue weighted by Gasteiger charge is -2.15. The van der Waals surface area contributed by atoms with Crippen LogP contribution in [0.25, 0.3) is 34.2 Å². The van der Waals surface area contributed by atoms with Crippen molar-refractivity contribution in [2.45, 2.75) is 13.1 Å². The molecule has 0 spiro atoms. The van der Waals surface area contributed by atoms with Crippen LogP contribution in [0.5, 0.6) is 11.5 Å². The van der Waals surface area contributed by atoms with Crippen LogP contribution in [0.4, 0.5) is 18.9 Å². The number of aromatic nitrogens is 3. The zero-order valence-electron chi connectivity index (χ0n) is 18.6. The van der Waals surface area contributed by atoms with Crippen molar-refractivity contribution < 1.29 is 27.8 Å². The second kappa shape index (κ2) is 9.41. The van der Waals surface area contributed by atoms with Crippen molar-refractivity contribution in [1.82, 2.24) is 15.0 Å². The second-order valence-corrected chi connectivity index (χ2v) is 7.49. The summed E-state index contributed by atoms with van der Waals surface area (Å²) in [5.41, 5.74) is -0.00200. The number of halogens is 3. The maximum absolute atomic E-state index is 13.3. The molecule has 4 aromatic rings. The zero-order chi connectivity index (χ0) is 25.2. The van der Waals surface area contributed by atoms with Crippen LogP contribution in [0.15, 0.2) is 66.7 Å². The van der Waals surface area contributed by atoms with Gasteiger partial charge in [0.25, 0.3) is 0 Å². The van der Waals surface area contributed by atoms with E-state index in [1.165, 1.54) is 26.2 Å². The molecule has 0 aliphatic rings. The maximum atomic E-state index is 13.3. The lowest BCUT2D eigenvalue weighted by Crippen LogP contribution is -2.11. The van der Waals surface area contributed by atoms with E-state index < -0.39 is 17.6 Å². The first-order valence-corrected chi connectivity index (χ1v) is 10.3. The largest absolute Gasteiger partial charge is 0.507 e. The summed E-state index contributed by atoms with van der Waals surface area (Å²) in [4.78, 5) is 25.1. The van der Waals surface area contributed by atoms with Crippen molar-refractivity contribution in [2.75, 3.05) is 12.4 Å². The number of hydrogen-bond acceptors (Lipinski definition) is 6. The van der Waals surface area contributed by atoms with E-state index in [2.05, 4.69) is 20.3 Å². The van der Waals surface area contributed by atoms with E-state index in [4.69, 9.17) is 4.74 Å². The number of aromatic hydroxyl groups is 1. The van der Waals surface area contributed by atoms with Gasteiger partial charge < -0.3 is 15.2 Å². The third-order valence-electron chi connectivity index (χ3n) is 5.01. The Morgan fingerprint density at radius 3 is 2.11 bits per heavy atom. The van der Waals surface area contributed by atoms with Gasteiger partial charge in [0.1, 0.15) is 11.5 Å². The fourth-order valence-electron chi connectivity index (χ4n) is 3.37. The molecule has 0 aliphatic carbocycles. The average molecular weight is 480 g/mol. The Bertz CT molecular complexity index is 1390. The molecular formula is C25H19F3N4O3. The molecular weight excluding hydrogens is 461 g/mol. The molecule has 1 heterocycles. The van der Waals surface area contributed by atoms with Gasteiger partial charge in [0, 0.05) is 24.1 Å². The molecule has 10 heteroatoms. The Kier molecular flexibility index (Phi) is 6.37. The van der Waals surface area contributed by atoms with Gasteiger partial charge in [-0.25, -0.2) is 15.0 Å². The topological polar surface area (TPSA) is 97.2 Å². The third kappa shape index (κ3) is 5.21. The van der Waals surface area contributed by atoms with Gasteiger partial charge in [0.15, 0.2) is 17.5 Å². The fourth-order valence-corrected chi connectivity index (χ4v) is 3.37. The Morgan fingerprint density at radius 2 is 1.51 bits per heavy atom. The summed E-state index contributed by atoms with van der Waals surface area (Å²) in [6.07, 6.45) is -4.61. The van der Waals surface area contributed by atoms with Crippen molar-refractivity contribution in [3.63, 3.8) is 0 Å². The highest BCUT2D eigenvalue weighted by atomic mass is 19.4. The molecule has 0 radical (unpaired) electrons. The van der Waals surface area contributed by atoms with Gasteiger partial charge in [-0.15, -0.1) is 0 Å². The van der Waals surface area contributed by atoms with Gasteiger partial charge in [0.05, 0.1) is 23.9 Å². The van der Waals surface area contributed by atoms with E-state index in [9.17, 15) is 23.1 Å². The van der Waals surface area contributed by atoms with Gasteiger partial charge in [-0.2, -0.15) is 13.2 Å². The first-order chi connectivity index (χ1) is 16.7. The van der Waals surface area contributed by atoms with E-state index in [0.29, 0.717) is 11.3 Å². The van der Waals surface area contributed by atoms with Crippen molar-refractivity contribution in [1.29, 1.82) is 0 Å². The minimum absolute atomic E-state index is 0.0153. The van der Waals surface area contributed by atoms with Crippen molar-refractivity contribution in [2.24, 2.45) is 0 Å². The molecule has 178 valence electrons. The number of carbonyl (C=O) groups is 1. The molecule has 4 rings (SSSR count). The monoisotopic (exact) mass is 480 g/mol. The van der Waals surface area contributed by atoms with Gasteiger partial charge in [-0.3, -0.25) is 4.79 Å². The van der Waals surface area contributed by atoms with Crippen LogP contribution in [0.2, 0.25) is 0 Å². The quantitative estimate of drug-likeness (QED) is 0.388. The molecule has 1 amide bonds. The van der Waals surface area contributed by atoms with E-state index in [-0.39, 0.29) is 40.0 Å². The SMILES string of the molecule is COc1ccc(-c2nc(-c3ccccc3)nc(-c3ccc(C(F)(F)F)cc3NC(C)=O)n2)c(O)c1. The van der Waals surface area contributed by atoms with Crippen molar-refractivity contribution in [3.8, 4) is 45.7 Å². The molecule has 1 aromatic heterocycles. The maximum Gasteiger partial charge on any atom is 0.416 e. The summed E-state index contributed by atoms with van der Waals surface area (Å²) in [5, 5.41) is 13.0. The Balaban J connectivity index is 1.95. The van der Waals surface area contributed by atoms with Crippen LogP contribution in [-0.2, 0) is 11.0 Å². The van der Waals surface area contributed by atoms with Crippen LogP contribution >= 0.6 is 0 Å². The zero-order valence-corrected chi connectivity index (χ0v) is 18.6. The molecule has 0 aliphatic heterocycles. The number of hydrogen-bond donors (Lipinski definition) is 2. The molecule has 0 saturated heterocycles. The summed E-state index contributed by atoms with van der Waals surface area (Å²) in [6.45, 7) is 1.19. The first-order valence-electron chi connectivity index (χ1n) is 10.3. The van der Waals surface area contributed by atoms with Crippen LogP contribution in [0.1, 0.15) is 12.5 Å². The summed E-state index contributed by atoms with van der Waals surface area (Å²) >= 11 is 0. The standard InChI is InChI=1S/C25H19F3N4O3/c1-14(33)29-20-12-16(25(26,27)28)8-10-18(20)23-30-22(15-6-4-3-5-7-15)31-24(32-23)19-11-9-17(35-2)13-21(19)34/h3-13,34H,1-2H3,(H,29,33). The third-order valence-corrected chi connectivity index (χ3v) is 5.01. The smallest absolute Gasteiger partial charge is 0.416 e. The molecule has 0 bridgehead atoms. The number of anilines is 1. The number of phenolic OH excluding ortho intramolecular Hbond substituents is 1. The normalized spacial score (nSPS) is 11.2. The molecule has 0 atom stereocenters. The number of rotatable bonds is 5. The van der Waals surface area contributed by atoms with Crippen LogP contribution in [-0.4, -0.2) is 33.1 Å². The number of benzene rings is 3. The Labute approximate surface area is 198 Å². The first kappa shape index (κ1) is 23.7. The molecule has 0 fully saturated rings. The Hall–Kier alpha value is -4.47. The number of phenols is 1. The number of amides is 1. The van der Waals surface area contributed by atoms with Crippen LogP contribution in [0.3, 0.4) is 0 Å². The van der Waals surface area contributed by atoms with Gasteiger partial charge in [0.2, 0.25) is 5.91 Å². The molecule has 35 heavy (non-hydrogen) atoms. The number of carbonyl (C=O) groups excluding carboxylic acids is 1. The summed E-state index contributed by atoms with van der Waals surface area (Å²) in [5.74, 6) is 0.0316. The minimum atomic E-state index is -4.61. The lowest BCUT2D eigenvalue weighted by atomic mass is 10.1. The summed E-state index contributed by atoms with van der Waals surface area (Å²) in [6, 6.07) is 16.4. The minimum Gasteiger partial charge on any atom is -0.507 e. The van der Waals surface area contributed by atoms with Gasteiger partial charge in [-0.05, 0) is 30.3 Å². The molecule has 2 N–H and O–H groups in total. The number of ether oxygens (including phenoxy) is 1. The Morgan fingerprint density at radius 1 is 0.886 bits per heavy atom. The number of nitrogens with zero attached hydrogens (tertiary/aromatic N) is 3. The van der Waals surface area contributed by atoms with Gasteiger partial charge >= 0.3 is 6.18 Å². The number of nitrogens with one attached hydrogen (secondary N) is 1. The van der Waals surface area contributed by atoms with Gasteiger partial charge in [-0.1, -0.05) is 30.3 Å². The lowest BCUT2D eigenvalue weighted by molar-refractivity contribution is -0.137. The highest BCUT2D eigenvalue weighted by molar-refractivity contribution is 5.93. The van der Waals surface area contributed by atoms with Crippen LogP contribution < -0.4 is 10.1 Å². The average Bonchev–Trinajstić information content (AvgIpc) is 2.83. The van der Waals surface area contributed by atoms with Crippen molar-refractivity contribution in [3.05, 3.63) is 72.3 Å².